The minimum absolute atomic E-state index is 0.219. The molecule has 0 saturated carbocycles. The number of aromatic nitrogens is 2. The molecule has 194 valence electrons. The molecule has 37 heavy (non-hydrogen) atoms. The number of nitrogens with zero attached hydrogens (tertiary/aromatic N) is 2. The van der Waals surface area contributed by atoms with E-state index in [1.54, 1.807) is 7.11 Å². The molecular weight excluding hydrogens is 456 g/mol. The van der Waals surface area contributed by atoms with Gasteiger partial charge in [-0.05, 0) is 73.1 Å². The van der Waals surface area contributed by atoms with Crippen LogP contribution in [0.25, 0.3) is 17.1 Å². The van der Waals surface area contributed by atoms with Crippen molar-refractivity contribution in [3.8, 4) is 11.5 Å². The van der Waals surface area contributed by atoms with Gasteiger partial charge in [0.25, 0.3) is 0 Å². The van der Waals surface area contributed by atoms with E-state index < -0.39 is 0 Å². The molecule has 1 heterocycles. The van der Waals surface area contributed by atoms with Crippen molar-refractivity contribution in [2.24, 2.45) is 5.92 Å². The number of aryl methyl sites for hydroxylation is 1. The fourth-order valence-corrected chi connectivity index (χ4v) is 4.88. The van der Waals surface area contributed by atoms with Gasteiger partial charge in [-0.2, -0.15) is 0 Å². The number of hydrogen-bond donors (Lipinski definition) is 0. The van der Waals surface area contributed by atoms with Crippen LogP contribution in [0.1, 0.15) is 69.0 Å². The van der Waals surface area contributed by atoms with Gasteiger partial charge in [0.05, 0.1) is 24.8 Å². The average Bonchev–Trinajstić information content (AvgIpc) is 3.27. The summed E-state index contributed by atoms with van der Waals surface area (Å²) in [5.41, 5.74) is 6.06. The van der Waals surface area contributed by atoms with Crippen LogP contribution in [0.15, 0.2) is 72.8 Å². The molecule has 4 aromatic rings. The predicted octanol–water partition coefficient (Wildman–Crippen LogP) is 8.29. The molecular formula is C33H40N2O2. The molecule has 0 amide bonds. The van der Waals surface area contributed by atoms with Crippen molar-refractivity contribution in [3.05, 3.63) is 95.3 Å². The molecule has 4 nitrogen and oxygen atoms in total. The van der Waals surface area contributed by atoms with Crippen LogP contribution in [0, 0.1) is 5.92 Å². The normalized spacial score (nSPS) is 12.5. The number of unbranched alkanes of at least 4 members (excludes halogenated alkanes) is 1. The molecule has 0 N–H and O–H groups in total. The minimum atomic E-state index is 0.219. The summed E-state index contributed by atoms with van der Waals surface area (Å²) >= 11 is 0. The quantitative estimate of drug-likeness (QED) is 0.185. The van der Waals surface area contributed by atoms with Crippen molar-refractivity contribution < 1.29 is 9.47 Å². The van der Waals surface area contributed by atoms with Gasteiger partial charge in [-0.25, -0.2) is 4.98 Å². The highest BCUT2D eigenvalue weighted by Gasteiger charge is 2.18. The predicted molar refractivity (Wildman–Crippen MR) is 155 cm³/mol. The topological polar surface area (TPSA) is 36.3 Å². The van der Waals surface area contributed by atoms with E-state index in [4.69, 9.17) is 14.5 Å². The van der Waals surface area contributed by atoms with E-state index >= 15 is 0 Å². The van der Waals surface area contributed by atoms with Gasteiger partial charge in [0, 0.05) is 12.5 Å². The summed E-state index contributed by atoms with van der Waals surface area (Å²) in [7, 11) is 1.69. The number of allylic oxidation sites excluding steroid dienone is 1. The molecule has 4 rings (SSSR count). The van der Waals surface area contributed by atoms with Gasteiger partial charge >= 0.3 is 0 Å². The third-order valence-corrected chi connectivity index (χ3v) is 6.78. The summed E-state index contributed by atoms with van der Waals surface area (Å²) in [4.78, 5) is 5.06. The fraction of sp³-hybridized carbons (Fsp3) is 0.364. The zero-order valence-corrected chi connectivity index (χ0v) is 22.9. The number of ether oxygens (including phenoxy) is 2. The second-order valence-electron chi connectivity index (χ2n) is 10.1. The third-order valence-electron chi connectivity index (χ3n) is 6.78. The van der Waals surface area contributed by atoms with E-state index in [9.17, 15) is 0 Å². The number of rotatable bonds is 12. The molecule has 1 atom stereocenters. The van der Waals surface area contributed by atoms with Gasteiger partial charge < -0.3 is 14.0 Å². The van der Waals surface area contributed by atoms with E-state index in [0.717, 1.165) is 54.2 Å². The summed E-state index contributed by atoms with van der Waals surface area (Å²) in [6.45, 7) is 10.4. The number of para-hydroxylation sites is 2. The van der Waals surface area contributed by atoms with Crippen molar-refractivity contribution in [2.75, 3.05) is 13.7 Å². The molecule has 0 aliphatic carbocycles. The Morgan fingerprint density at radius 1 is 0.919 bits per heavy atom. The van der Waals surface area contributed by atoms with Gasteiger partial charge in [-0.15, -0.1) is 0 Å². The number of hydrogen-bond acceptors (Lipinski definition) is 3. The van der Waals surface area contributed by atoms with Crippen LogP contribution in [0.3, 0.4) is 0 Å². The molecule has 3 aromatic carbocycles. The lowest BCUT2D eigenvalue weighted by atomic mass is 9.96. The molecule has 0 saturated heterocycles. The van der Waals surface area contributed by atoms with Crippen molar-refractivity contribution in [3.63, 3.8) is 0 Å². The van der Waals surface area contributed by atoms with Crippen LogP contribution in [0.5, 0.6) is 11.5 Å². The average molecular weight is 497 g/mol. The van der Waals surface area contributed by atoms with Crippen LogP contribution in [-0.4, -0.2) is 23.3 Å². The molecule has 0 spiro atoms. The minimum Gasteiger partial charge on any atom is -0.493 e. The van der Waals surface area contributed by atoms with Crippen molar-refractivity contribution >= 4 is 17.1 Å². The molecule has 1 unspecified atom stereocenters. The van der Waals surface area contributed by atoms with E-state index in [2.05, 4.69) is 86.0 Å². The van der Waals surface area contributed by atoms with Crippen LogP contribution in [-0.2, 0) is 13.0 Å². The number of methoxy groups -OCH3 is 1. The van der Waals surface area contributed by atoms with Crippen LogP contribution in [0.4, 0.5) is 0 Å². The van der Waals surface area contributed by atoms with E-state index in [-0.39, 0.29) is 5.92 Å². The van der Waals surface area contributed by atoms with Crippen LogP contribution >= 0.6 is 0 Å². The number of fused-ring (bicyclic) bond motifs is 1. The summed E-state index contributed by atoms with van der Waals surface area (Å²) in [6, 6.07) is 23.6. The molecule has 0 bridgehead atoms. The Morgan fingerprint density at radius 3 is 2.43 bits per heavy atom. The maximum atomic E-state index is 6.08. The summed E-state index contributed by atoms with van der Waals surface area (Å²) in [6.07, 6.45) is 7.14. The first-order chi connectivity index (χ1) is 18.0. The maximum Gasteiger partial charge on any atom is 0.161 e. The third kappa shape index (κ3) is 6.62. The Kier molecular flexibility index (Phi) is 9.05. The molecule has 0 radical (unpaired) electrons. The summed E-state index contributed by atoms with van der Waals surface area (Å²) < 4.78 is 14.0. The summed E-state index contributed by atoms with van der Waals surface area (Å²) in [5.74, 6) is 3.57. The SMILES string of the molecule is C/C=C/c1ccc(OCCCCn2c(C(C)c3ccc(CC(C)C)cc3)nc3ccccc32)c(OC)c1. The number of imidazole rings is 1. The molecule has 0 aliphatic heterocycles. The van der Waals surface area contributed by atoms with Crippen molar-refractivity contribution in [2.45, 2.75) is 59.4 Å². The Bertz CT molecular complexity index is 1320. The van der Waals surface area contributed by atoms with E-state index in [1.165, 1.54) is 16.6 Å². The Labute approximate surface area is 222 Å². The monoisotopic (exact) mass is 496 g/mol. The smallest absolute Gasteiger partial charge is 0.161 e. The fourth-order valence-electron chi connectivity index (χ4n) is 4.88. The van der Waals surface area contributed by atoms with Crippen LogP contribution in [0.2, 0.25) is 0 Å². The van der Waals surface area contributed by atoms with E-state index in [1.807, 2.05) is 25.1 Å². The second-order valence-corrected chi connectivity index (χ2v) is 10.1. The largest absolute Gasteiger partial charge is 0.493 e. The van der Waals surface area contributed by atoms with E-state index in [0.29, 0.717) is 12.5 Å². The first kappa shape index (κ1) is 26.5. The van der Waals surface area contributed by atoms with Crippen molar-refractivity contribution in [1.29, 1.82) is 0 Å². The first-order valence-electron chi connectivity index (χ1n) is 13.5. The lowest BCUT2D eigenvalue weighted by molar-refractivity contribution is 0.283. The standard InChI is InChI=1S/C33H40N2O2/c1-6-11-26-16-19-31(32(23-26)36-5)37-21-10-9-20-35-30-13-8-7-12-29(30)34-33(35)25(4)28-17-14-27(15-18-28)22-24(2)3/h6-8,11-19,23-25H,9-10,20-22H2,1-5H3/b11-6+. The Morgan fingerprint density at radius 2 is 1.70 bits per heavy atom. The number of benzene rings is 3. The Hall–Kier alpha value is -3.53. The van der Waals surface area contributed by atoms with Crippen LogP contribution < -0.4 is 9.47 Å². The zero-order valence-electron chi connectivity index (χ0n) is 22.9. The van der Waals surface area contributed by atoms with Gasteiger partial charge in [0.1, 0.15) is 5.82 Å². The highest BCUT2D eigenvalue weighted by atomic mass is 16.5. The van der Waals surface area contributed by atoms with Gasteiger partial charge in [-0.3, -0.25) is 0 Å². The van der Waals surface area contributed by atoms with Crippen molar-refractivity contribution in [1.82, 2.24) is 9.55 Å². The molecule has 4 heteroatoms. The molecule has 0 aliphatic rings. The van der Waals surface area contributed by atoms with Gasteiger partial charge in [-0.1, -0.05) is 75.4 Å². The summed E-state index contributed by atoms with van der Waals surface area (Å²) in [5, 5.41) is 0. The lowest BCUT2D eigenvalue weighted by Gasteiger charge is -2.16. The van der Waals surface area contributed by atoms with Gasteiger partial charge in [0.2, 0.25) is 0 Å². The first-order valence-corrected chi connectivity index (χ1v) is 13.5. The molecule has 0 fully saturated rings. The Balaban J connectivity index is 1.43. The molecule has 1 aromatic heterocycles. The van der Waals surface area contributed by atoms with Gasteiger partial charge in [0.15, 0.2) is 11.5 Å². The second kappa shape index (κ2) is 12.6. The highest BCUT2D eigenvalue weighted by molar-refractivity contribution is 5.76. The highest BCUT2D eigenvalue weighted by Crippen LogP contribution is 2.30. The zero-order chi connectivity index (χ0) is 26.2. The maximum absolute atomic E-state index is 6.08. The lowest BCUT2D eigenvalue weighted by Crippen LogP contribution is -2.10.